The lowest BCUT2D eigenvalue weighted by atomic mass is 10.1. The largest absolute Gasteiger partial charge is 0.492 e. The highest BCUT2D eigenvalue weighted by Crippen LogP contribution is 2.15. The molecule has 0 N–H and O–H groups in total. The molecule has 2 rings (SSSR count). The van der Waals surface area contributed by atoms with Gasteiger partial charge in [0.1, 0.15) is 12.4 Å². The normalized spacial score (nSPS) is 10.2. The molecular weight excluding hydrogens is 332 g/mol. The van der Waals surface area contributed by atoms with Gasteiger partial charge in [-0.2, -0.15) is 0 Å². The minimum atomic E-state index is -0.466. The fraction of sp³-hybridized carbons (Fsp3) is 0.235. The zero-order chi connectivity index (χ0) is 17.5. The second kappa shape index (κ2) is 8.31. The van der Waals surface area contributed by atoms with Crippen LogP contribution >= 0.6 is 11.6 Å². The Hall–Kier alpha value is -2.60. The molecule has 0 atom stereocenters. The van der Waals surface area contributed by atoms with Crippen molar-refractivity contribution in [1.29, 1.82) is 0 Å². The summed E-state index contributed by atoms with van der Waals surface area (Å²) in [6.45, 7) is 0.804. The monoisotopic (exact) mass is 348 g/mol. The van der Waals surface area contributed by atoms with Gasteiger partial charge >= 0.3 is 0 Å². The van der Waals surface area contributed by atoms with Crippen molar-refractivity contribution >= 4 is 23.2 Å². The minimum Gasteiger partial charge on any atom is -0.492 e. The number of carbonyl (C=O) groups is 1. The lowest BCUT2D eigenvalue weighted by Gasteiger charge is -2.17. The Bertz CT molecular complexity index is 702. The maximum atomic E-state index is 12.1. The molecule has 0 aromatic heterocycles. The number of benzene rings is 2. The number of hydrogen-bond acceptors (Lipinski definition) is 4. The SMILES string of the molecule is CN(CCOc1ccc(Cl)cc1)C(=O)Cc1ccc([N+](=O)[O-])cc1. The quantitative estimate of drug-likeness (QED) is 0.568. The molecule has 0 aliphatic carbocycles. The van der Waals surface area contributed by atoms with Gasteiger partial charge in [-0.25, -0.2) is 0 Å². The van der Waals surface area contributed by atoms with Crippen molar-refractivity contribution in [3.05, 3.63) is 69.2 Å². The summed E-state index contributed by atoms with van der Waals surface area (Å²) < 4.78 is 5.55. The molecule has 0 aliphatic heterocycles. The second-order valence-electron chi connectivity index (χ2n) is 5.22. The van der Waals surface area contributed by atoms with Gasteiger partial charge in [-0.3, -0.25) is 14.9 Å². The number of nitrogens with zero attached hydrogens (tertiary/aromatic N) is 2. The van der Waals surface area contributed by atoms with Crippen molar-refractivity contribution < 1.29 is 14.5 Å². The number of nitro benzene ring substituents is 1. The van der Waals surface area contributed by atoms with Gasteiger partial charge in [0.15, 0.2) is 0 Å². The number of likely N-dealkylation sites (N-methyl/N-ethyl adjacent to an activating group) is 1. The van der Waals surface area contributed by atoms with Crippen LogP contribution in [0, 0.1) is 10.1 Å². The summed E-state index contributed by atoms with van der Waals surface area (Å²) in [6.07, 6.45) is 0.190. The van der Waals surface area contributed by atoms with E-state index in [0.29, 0.717) is 23.9 Å². The third kappa shape index (κ3) is 5.24. The summed E-state index contributed by atoms with van der Waals surface area (Å²) in [7, 11) is 1.69. The van der Waals surface area contributed by atoms with Crippen molar-refractivity contribution in [3.8, 4) is 5.75 Å². The van der Waals surface area contributed by atoms with Crippen molar-refractivity contribution in [2.45, 2.75) is 6.42 Å². The Morgan fingerprint density at radius 2 is 1.79 bits per heavy atom. The summed E-state index contributed by atoms with van der Waals surface area (Å²) in [5.74, 6) is 0.610. The summed E-state index contributed by atoms with van der Waals surface area (Å²) in [4.78, 5) is 23.8. The van der Waals surface area contributed by atoms with Gasteiger partial charge in [0, 0.05) is 24.2 Å². The first kappa shape index (κ1) is 17.7. The van der Waals surface area contributed by atoms with Gasteiger partial charge in [0.2, 0.25) is 5.91 Å². The number of hydrogen-bond donors (Lipinski definition) is 0. The molecule has 0 spiro atoms. The highest BCUT2D eigenvalue weighted by molar-refractivity contribution is 6.30. The van der Waals surface area contributed by atoms with Crippen LogP contribution in [0.25, 0.3) is 0 Å². The van der Waals surface area contributed by atoms with Crippen LogP contribution in [-0.4, -0.2) is 35.9 Å². The Kier molecular flexibility index (Phi) is 6.14. The molecule has 0 fully saturated rings. The van der Waals surface area contributed by atoms with Crippen LogP contribution in [0.15, 0.2) is 48.5 Å². The molecule has 126 valence electrons. The molecule has 0 radical (unpaired) electrons. The summed E-state index contributed by atoms with van der Waals surface area (Å²) in [6, 6.07) is 13.0. The van der Waals surface area contributed by atoms with Crippen LogP contribution in [0.2, 0.25) is 5.02 Å². The molecule has 0 heterocycles. The summed E-state index contributed by atoms with van der Waals surface area (Å²) in [5, 5.41) is 11.2. The number of rotatable bonds is 7. The van der Waals surface area contributed by atoms with Gasteiger partial charge in [0.05, 0.1) is 17.9 Å². The molecular formula is C17H17ClN2O4. The van der Waals surface area contributed by atoms with E-state index in [1.807, 2.05) is 0 Å². The van der Waals surface area contributed by atoms with E-state index in [0.717, 1.165) is 5.56 Å². The molecule has 1 amide bonds. The Labute approximate surface area is 144 Å². The first-order valence-electron chi connectivity index (χ1n) is 7.31. The summed E-state index contributed by atoms with van der Waals surface area (Å²) >= 11 is 5.80. The van der Waals surface area contributed by atoms with Crippen LogP contribution in [0.3, 0.4) is 0 Å². The number of nitro groups is 1. The van der Waals surface area contributed by atoms with Crippen LogP contribution in [0.4, 0.5) is 5.69 Å². The minimum absolute atomic E-state index is 0.0101. The molecule has 2 aromatic rings. The van der Waals surface area contributed by atoms with Gasteiger partial charge < -0.3 is 9.64 Å². The molecule has 2 aromatic carbocycles. The van der Waals surface area contributed by atoms with E-state index in [9.17, 15) is 14.9 Å². The van der Waals surface area contributed by atoms with Gasteiger partial charge in [-0.15, -0.1) is 0 Å². The first-order chi connectivity index (χ1) is 11.5. The highest BCUT2D eigenvalue weighted by Gasteiger charge is 2.11. The van der Waals surface area contributed by atoms with Gasteiger partial charge in [-0.05, 0) is 29.8 Å². The zero-order valence-corrected chi connectivity index (χ0v) is 13.9. The standard InChI is InChI=1S/C17H17ClN2O4/c1-19(10-11-24-16-8-4-14(18)5-9-16)17(21)12-13-2-6-15(7-3-13)20(22)23/h2-9H,10-12H2,1H3. The number of amides is 1. The third-order valence-electron chi connectivity index (χ3n) is 3.44. The van der Waals surface area contributed by atoms with Crippen LogP contribution < -0.4 is 4.74 Å². The van der Waals surface area contributed by atoms with E-state index in [4.69, 9.17) is 16.3 Å². The summed E-state index contributed by atoms with van der Waals surface area (Å²) in [5.41, 5.74) is 0.743. The van der Waals surface area contributed by atoms with E-state index in [1.54, 1.807) is 48.3 Å². The Morgan fingerprint density at radius 3 is 2.38 bits per heavy atom. The number of ether oxygens (including phenoxy) is 1. The molecule has 6 nitrogen and oxygen atoms in total. The maximum Gasteiger partial charge on any atom is 0.269 e. The Balaban J connectivity index is 1.79. The zero-order valence-electron chi connectivity index (χ0n) is 13.1. The predicted molar refractivity (Wildman–Crippen MR) is 91.4 cm³/mol. The number of non-ortho nitro benzene ring substituents is 1. The van der Waals surface area contributed by atoms with Crippen LogP contribution in [0.1, 0.15) is 5.56 Å². The van der Waals surface area contributed by atoms with Crippen LogP contribution in [0.5, 0.6) is 5.75 Å². The number of halogens is 1. The average Bonchev–Trinajstić information content (AvgIpc) is 2.57. The van der Waals surface area contributed by atoms with Crippen molar-refractivity contribution in [2.75, 3.05) is 20.2 Å². The van der Waals surface area contributed by atoms with Gasteiger partial charge in [-0.1, -0.05) is 23.7 Å². The Morgan fingerprint density at radius 1 is 1.17 bits per heavy atom. The van der Waals surface area contributed by atoms with E-state index >= 15 is 0 Å². The lowest BCUT2D eigenvalue weighted by Crippen LogP contribution is -2.32. The smallest absolute Gasteiger partial charge is 0.269 e. The molecule has 0 saturated carbocycles. The third-order valence-corrected chi connectivity index (χ3v) is 3.69. The van der Waals surface area contributed by atoms with E-state index in [1.165, 1.54) is 12.1 Å². The van der Waals surface area contributed by atoms with Crippen molar-refractivity contribution in [1.82, 2.24) is 4.90 Å². The fourth-order valence-corrected chi connectivity index (χ4v) is 2.13. The first-order valence-corrected chi connectivity index (χ1v) is 7.69. The van der Waals surface area contributed by atoms with E-state index in [2.05, 4.69) is 0 Å². The number of carbonyl (C=O) groups excluding carboxylic acids is 1. The van der Waals surface area contributed by atoms with Gasteiger partial charge in [0.25, 0.3) is 5.69 Å². The molecule has 24 heavy (non-hydrogen) atoms. The van der Waals surface area contributed by atoms with Crippen molar-refractivity contribution in [3.63, 3.8) is 0 Å². The van der Waals surface area contributed by atoms with Crippen LogP contribution in [-0.2, 0) is 11.2 Å². The van der Waals surface area contributed by atoms with E-state index < -0.39 is 4.92 Å². The predicted octanol–water partition coefficient (Wildman–Crippen LogP) is 3.33. The average molecular weight is 349 g/mol. The van der Waals surface area contributed by atoms with E-state index in [-0.39, 0.29) is 18.0 Å². The molecule has 0 bridgehead atoms. The molecule has 0 aliphatic rings. The molecule has 0 saturated heterocycles. The topological polar surface area (TPSA) is 72.7 Å². The highest BCUT2D eigenvalue weighted by atomic mass is 35.5. The molecule has 7 heteroatoms. The fourth-order valence-electron chi connectivity index (χ4n) is 2.00. The maximum absolute atomic E-state index is 12.1. The second-order valence-corrected chi connectivity index (χ2v) is 5.65. The molecule has 0 unspecified atom stereocenters. The lowest BCUT2D eigenvalue weighted by molar-refractivity contribution is -0.384. The van der Waals surface area contributed by atoms with Crippen molar-refractivity contribution in [2.24, 2.45) is 0 Å².